The third kappa shape index (κ3) is 3.61. The van der Waals surface area contributed by atoms with Crippen LogP contribution in [-0.4, -0.2) is 39.6 Å². The van der Waals surface area contributed by atoms with Crippen molar-refractivity contribution in [1.82, 2.24) is 20.0 Å². The van der Waals surface area contributed by atoms with Gasteiger partial charge in [-0.2, -0.15) is 5.10 Å². The number of rotatable bonds is 5. The van der Waals surface area contributed by atoms with Gasteiger partial charge in [-0.1, -0.05) is 0 Å². The summed E-state index contributed by atoms with van der Waals surface area (Å²) in [6.45, 7) is 2.59. The summed E-state index contributed by atoms with van der Waals surface area (Å²) < 4.78 is 14.6. The number of likely N-dealkylation sites (tertiary alicyclic amines) is 1. The highest BCUT2D eigenvalue weighted by Crippen LogP contribution is 2.15. The van der Waals surface area contributed by atoms with Crippen molar-refractivity contribution in [2.75, 3.05) is 13.1 Å². The van der Waals surface area contributed by atoms with Crippen molar-refractivity contribution in [2.24, 2.45) is 0 Å². The van der Waals surface area contributed by atoms with Gasteiger partial charge in [0.1, 0.15) is 5.82 Å². The summed E-state index contributed by atoms with van der Waals surface area (Å²) in [5, 5.41) is 7.11. The molecule has 2 amide bonds. The standard InChI is InChI=1S/C17H19FN4O2/c1-12(20-16(23)11-21-8-2-3-17(21)24)13-9-19-22(10-13)15-6-4-14(18)5-7-15/h4-7,9-10,12H,2-3,8,11H2,1H3,(H,20,23). The second-order valence-electron chi connectivity index (χ2n) is 5.90. The Morgan fingerprint density at radius 2 is 2.12 bits per heavy atom. The molecule has 3 rings (SSSR count). The predicted molar refractivity (Wildman–Crippen MR) is 85.9 cm³/mol. The second kappa shape index (κ2) is 6.82. The van der Waals surface area contributed by atoms with Crippen molar-refractivity contribution < 1.29 is 14.0 Å². The van der Waals surface area contributed by atoms with E-state index in [0.717, 1.165) is 17.7 Å². The molecule has 1 atom stereocenters. The SMILES string of the molecule is CC(NC(=O)CN1CCCC1=O)c1cnn(-c2ccc(F)cc2)c1. The van der Waals surface area contributed by atoms with Crippen LogP contribution in [0, 0.1) is 5.82 Å². The fraction of sp³-hybridized carbons (Fsp3) is 0.353. The molecule has 0 bridgehead atoms. The molecule has 0 saturated carbocycles. The highest BCUT2D eigenvalue weighted by atomic mass is 19.1. The molecule has 7 heteroatoms. The van der Waals surface area contributed by atoms with E-state index in [2.05, 4.69) is 10.4 Å². The second-order valence-corrected chi connectivity index (χ2v) is 5.90. The molecule has 1 unspecified atom stereocenters. The van der Waals surface area contributed by atoms with Crippen LogP contribution in [0.15, 0.2) is 36.7 Å². The van der Waals surface area contributed by atoms with Crippen molar-refractivity contribution in [3.63, 3.8) is 0 Å². The van der Waals surface area contributed by atoms with Gasteiger partial charge in [0.25, 0.3) is 0 Å². The van der Waals surface area contributed by atoms with E-state index >= 15 is 0 Å². The lowest BCUT2D eigenvalue weighted by molar-refractivity contribution is -0.133. The molecule has 24 heavy (non-hydrogen) atoms. The van der Waals surface area contributed by atoms with Gasteiger partial charge in [0.2, 0.25) is 11.8 Å². The zero-order valence-electron chi connectivity index (χ0n) is 13.4. The fourth-order valence-electron chi connectivity index (χ4n) is 2.71. The molecular weight excluding hydrogens is 311 g/mol. The van der Waals surface area contributed by atoms with E-state index in [0.29, 0.717) is 13.0 Å². The van der Waals surface area contributed by atoms with E-state index in [1.807, 2.05) is 6.92 Å². The highest BCUT2D eigenvalue weighted by Gasteiger charge is 2.23. The monoisotopic (exact) mass is 330 g/mol. The maximum atomic E-state index is 13.0. The van der Waals surface area contributed by atoms with Crippen molar-refractivity contribution in [3.05, 3.63) is 48.0 Å². The number of nitrogens with zero attached hydrogens (tertiary/aromatic N) is 3. The minimum absolute atomic E-state index is 0.0296. The topological polar surface area (TPSA) is 67.2 Å². The van der Waals surface area contributed by atoms with Crippen molar-refractivity contribution >= 4 is 11.8 Å². The predicted octanol–water partition coefficient (Wildman–Crippen LogP) is 1.81. The Morgan fingerprint density at radius 1 is 1.38 bits per heavy atom. The van der Waals surface area contributed by atoms with Crippen LogP contribution in [0.1, 0.15) is 31.4 Å². The maximum Gasteiger partial charge on any atom is 0.240 e. The molecule has 0 aliphatic carbocycles. The molecule has 1 saturated heterocycles. The molecule has 1 aliphatic heterocycles. The lowest BCUT2D eigenvalue weighted by atomic mass is 10.2. The number of aromatic nitrogens is 2. The number of amides is 2. The Bertz CT molecular complexity index is 741. The first-order valence-electron chi connectivity index (χ1n) is 7.90. The largest absolute Gasteiger partial charge is 0.348 e. The average Bonchev–Trinajstić information content (AvgIpc) is 3.18. The van der Waals surface area contributed by atoms with Gasteiger partial charge in [-0.15, -0.1) is 0 Å². The van der Waals surface area contributed by atoms with Crippen LogP contribution in [-0.2, 0) is 9.59 Å². The van der Waals surface area contributed by atoms with Crippen LogP contribution in [0.2, 0.25) is 0 Å². The molecule has 2 heterocycles. The molecule has 1 aromatic carbocycles. The lowest BCUT2D eigenvalue weighted by Crippen LogP contribution is -2.38. The van der Waals surface area contributed by atoms with Gasteiger partial charge in [-0.25, -0.2) is 9.07 Å². The first-order valence-corrected chi connectivity index (χ1v) is 7.90. The zero-order chi connectivity index (χ0) is 17.1. The molecule has 1 aromatic heterocycles. The average molecular weight is 330 g/mol. The van der Waals surface area contributed by atoms with Crippen LogP contribution in [0.25, 0.3) is 5.69 Å². The van der Waals surface area contributed by atoms with E-state index in [-0.39, 0.29) is 30.2 Å². The van der Waals surface area contributed by atoms with E-state index in [4.69, 9.17) is 0 Å². The minimum Gasteiger partial charge on any atom is -0.348 e. The smallest absolute Gasteiger partial charge is 0.240 e. The van der Waals surface area contributed by atoms with Crippen LogP contribution >= 0.6 is 0 Å². The molecule has 0 spiro atoms. The molecule has 1 N–H and O–H groups in total. The Hall–Kier alpha value is -2.70. The zero-order valence-corrected chi connectivity index (χ0v) is 13.4. The molecule has 1 aliphatic rings. The third-order valence-electron chi connectivity index (χ3n) is 4.08. The summed E-state index contributed by atoms with van der Waals surface area (Å²) >= 11 is 0. The highest BCUT2D eigenvalue weighted by molar-refractivity contribution is 5.86. The first kappa shape index (κ1) is 16.2. The van der Waals surface area contributed by atoms with Crippen molar-refractivity contribution in [3.8, 4) is 5.69 Å². The number of nitrogens with one attached hydrogen (secondary N) is 1. The van der Waals surface area contributed by atoms with Crippen LogP contribution < -0.4 is 5.32 Å². The van der Waals surface area contributed by atoms with Crippen molar-refractivity contribution in [2.45, 2.75) is 25.8 Å². The van der Waals surface area contributed by atoms with Gasteiger partial charge in [0.05, 0.1) is 24.5 Å². The molecule has 2 aromatic rings. The van der Waals surface area contributed by atoms with Gasteiger partial charge in [0, 0.05) is 24.7 Å². The first-order chi connectivity index (χ1) is 11.5. The Kier molecular flexibility index (Phi) is 4.59. The number of hydrogen-bond donors (Lipinski definition) is 1. The quantitative estimate of drug-likeness (QED) is 0.909. The third-order valence-corrected chi connectivity index (χ3v) is 4.08. The number of halogens is 1. The van der Waals surface area contributed by atoms with Crippen LogP contribution in [0.4, 0.5) is 4.39 Å². The van der Waals surface area contributed by atoms with Gasteiger partial charge < -0.3 is 10.2 Å². The minimum atomic E-state index is -0.303. The summed E-state index contributed by atoms with van der Waals surface area (Å²) in [4.78, 5) is 25.2. The Morgan fingerprint density at radius 3 is 2.79 bits per heavy atom. The fourth-order valence-corrected chi connectivity index (χ4v) is 2.71. The van der Waals surface area contributed by atoms with Gasteiger partial charge in [-0.05, 0) is 37.6 Å². The molecular formula is C17H19FN4O2. The van der Waals surface area contributed by atoms with E-state index in [1.165, 1.54) is 12.1 Å². The molecule has 6 nitrogen and oxygen atoms in total. The Balaban J connectivity index is 1.61. The van der Waals surface area contributed by atoms with E-state index < -0.39 is 0 Å². The lowest BCUT2D eigenvalue weighted by Gasteiger charge is -2.17. The summed E-state index contributed by atoms with van der Waals surface area (Å²) in [5.41, 5.74) is 1.57. The van der Waals surface area contributed by atoms with E-state index in [9.17, 15) is 14.0 Å². The van der Waals surface area contributed by atoms with Gasteiger partial charge in [0.15, 0.2) is 0 Å². The van der Waals surface area contributed by atoms with Gasteiger partial charge in [-0.3, -0.25) is 9.59 Å². The summed E-state index contributed by atoms with van der Waals surface area (Å²) in [5.74, 6) is -0.461. The molecule has 126 valence electrons. The van der Waals surface area contributed by atoms with Gasteiger partial charge >= 0.3 is 0 Å². The van der Waals surface area contributed by atoms with E-state index in [1.54, 1.807) is 34.1 Å². The van der Waals surface area contributed by atoms with Crippen LogP contribution in [0.3, 0.4) is 0 Å². The number of benzene rings is 1. The van der Waals surface area contributed by atoms with Crippen molar-refractivity contribution in [1.29, 1.82) is 0 Å². The molecule has 1 fully saturated rings. The number of carbonyl (C=O) groups excluding carboxylic acids is 2. The normalized spacial score (nSPS) is 15.6. The summed E-state index contributed by atoms with van der Waals surface area (Å²) in [6, 6.07) is 5.77. The number of hydrogen-bond acceptors (Lipinski definition) is 3. The maximum absolute atomic E-state index is 13.0. The summed E-state index contributed by atoms with van der Waals surface area (Å²) in [6.07, 6.45) is 4.79. The van der Waals surface area contributed by atoms with Crippen LogP contribution in [0.5, 0.6) is 0 Å². The molecule has 0 radical (unpaired) electrons. The number of carbonyl (C=O) groups is 2. The summed E-state index contributed by atoms with van der Waals surface area (Å²) in [7, 11) is 0. The Labute approximate surface area is 139 Å².